The minimum absolute atomic E-state index is 0.769. The van der Waals surface area contributed by atoms with Crippen molar-refractivity contribution in [1.82, 2.24) is 5.32 Å². The van der Waals surface area contributed by atoms with Crippen molar-refractivity contribution in [3.05, 3.63) is 0 Å². The van der Waals surface area contributed by atoms with Gasteiger partial charge in [0.2, 0.25) is 0 Å². The molecule has 0 spiro atoms. The van der Waals surface area contributed by atoms with Gasteiger partial charge in [-0.3, -0.25) is 0 Å². The second kappa shape index (κ2) is 6.39. The first-order valence-electron chi connectivity index (χ1n) is 5.57. The molecule has 0 aromatic carbocycles. The van der Waals surface area contributed by atoms with E-state index in [1.54, 1.807) is 7.11 Å². The van der Waals surface area contributed by atoms with Crippen molar-refractivity contribution in [3.63, 3.8) is 0 Å². The average Bonchev–Trinajstić information content (AvgIpc) is 2.15. The Hall–Kier alpha value is -0.0800. The maximum Gasteiger partial charge on any atom is 0.0474 e. The van der Waals surface area contributed by atoms with Crippen molar-refractivity contribution in [1.29, 1.82) is 0 Å². The second-order valence-electron chi connectivity index (χ2n) is 4.17. The molecule has 0 aliphatic heterocycles. The van der Waals surface area contributed by atoms with E-state index >= 15 is 0 Å². The monoisotopic (exact) mass is 185 g/mol. The van der Waals surface area contributed by atoms with Crippen LogP contribution in [0.25, 0.3) is 0 Å². The average molecular weight is 185 g/mol. The Morgan fingerprint density at radius 3 is 2.77 bits per heavy atom. The first kappa shape index (κ1) is 11.0. The van der Waals surface area contributed by atoms with Crippen LogP contribution in [0.3, 0.4) is 0 Å². The maximum absolute atomic E-state index is 5.02. The number of rotatable bonds is 5. The Morgan fingerprint density at radius 1 is 1.31 bits per heavy atom. The molecule has 0 bridgehead atoms. The summed E-state index contributed by atoms with van der Waals surface area (Å²) < 4.78 is 5.02. The Balaban J connectivity index is 2.05. The topological polar surface area (TPSA) is 21.3 Å². The van der Waals surface area contributed by atoms with Gasteiger partial charge in [-0.25, -0.2) is 0 Å². The zero-order chi connectivity index (χ0) is 9.52. The van der Waals surface area contributed by atoms with Crippen LogP contribution in [0.4, 0.5) is 0 Å². The van der Waals surface area contributed by atoms with Gasteiger partial charge < -0.3 is 10.1 Å². The normalized spacial score (nSPS) is 29.1. The molecule has 78 valence electrons. The van der Waals surface area contributed by atoms with Crippen molar-refractivity contribution in [2.45, 2.75) is 45.1 Å². The molecule has 2 heteroatoms. The van der Waals surface area contributed by atoms with Crippen LogP contribution in [0.15, 0.2) is 0 Å². The van der Waals surface area contributed by atoms with Crippen molar-refractivity contribution >= 4 is 0 Å². The minimum Gasteiger partial charge on any atom is -0.385 e. The van der Waals surface area contributed by atoms with E-state index in [0.29, 0.717) is 0 Å². The Kier molecular flexibility index (Phi) is 5.40. The fourth-order valence-electron chi connectivity index (χ4n) is 2.12. The third kappa shape index (κ3) is 4.10. The van der Waals surface area contributed by atoms with E-state index in [0.717, 1.165) is 31.5 Å². The molecule has 0 aromatic rings. The summed E-state index contributed by atoms with van der Waals surface area (Å²) in [4.78, 5) is 0. The smallest absolute Gasteiger partial charge is 0.0474 e. The summed E-state index contributed by atoms with van der Waals surface area (Å²) in [7, 11) is 1.77. The predicted molar refractivity (Wildman–Crippen MR) is 55.9 cm³/mol. The van der Waals surface area contributed by atoms with Gasteiger partial charge in [-0.1, -0.05) is 19.8 Å². The molecule has 1 rings (SSSR count). The van der Waals surface area contributed by atoms with Gasteiger partial charge >= 0.3 is 0 Å². The molecule has 1 fully saturated rings. The van der Waals surface area contributed by atoms with E-state index < -0.39 is 0 Å². The lowest BCUT2D eigenvalue weighted by Gasteiger charge is -2.29. The molecule has 0 radical (unpaired) electrons. The number of hydrogen-bond acceptors (Lipinski definition) is 2. The molecule has 1 aliphatic rings. The lowest BCUT2D eigenvalue weighted by atomic mass is 9.86. The van der Waals surface area contributed by atoms with Gasteiger partial charge in [-0.15, -0.1) is 0 Å². The summed E-state index contributed by atoms with van der Waals surface area (Å²) in [6.07, 6.45) is 6.75. The highest BCUT2D eigenvalue weighted by Crippen LogP contribution is 2.23. The van der Waals surface area contributed by atoms with Crippen LogP contribution in [0.5, 0.6) is 0 Å². The van der Waals surface area contributed by atoms with E-state index in [1.807, 2.05) is 0 Å². The zero-order valence-electron chi connectivity index (χ0n) is 9.01. The lowest BCUT2D eigenvalue weighted by Crippen LogP contribution is -2.37. The molecule has 1 N–H and O–H groups in total. The van der Waals surface area contributed by atoms with Crippen LogP contribution in [0, 0.1) is 5.92 Å². The Bertz CT molecular complexity index is 127. The summed E-state index contributed by atoms with van der Waals surface area (Å²) >= 11 is 0. The number of nitrogens with one attached hydrogen (secondary N) is 1. The largest absolute Gasteiger partial charge is 0.385 e. The first-order chi connectivity index (χ1) is 6.34. The number of hydrogen-bond donors (Lipinski definition) is 1. The van der Waals surface area contributed by atoms with Gasteiger partial charge in [0.25, 0.3) is 0 Å². The van der Waals surface area contributed by atoms with Crippen molar-refractivity contribution in [3.8, 4) is 0 Å². The molecule has 0 aromatic heterocycles. The van der Waals surface area contributed by atoms with Crippen LogP contribution < -0.4 is 5.32 Å². The van der Waals surface area contributed by atoms with Gasteiger partial charge in [0.15, 0.2) is 0 Å². The summed E-state index contributed by atoms with van der Waals surface area (Å²) in [6, 6.07) is 0.769. The predicted octanol–water partition coefficient (Wildman–Crippen LogP) is 2.19. The maximum atomic E-state index is 5.02. The zero-order valence-corrected chi connectivity index (χ0v) is 9.01. The van der Waals surface area contributed by atoms with Crippen molar-refractivity contribution < 1.29 is 4.74 Å². The van der Waals surface area contributed by atoms with Gasteiger partial charge in [0.1, 0.15) is 0 Å². The molecule has 0 amide bonds. The van der Waals surface area contributed by atoms with Gasteiger partial charge in [-0.05, 0) is 31.7 Å². The molecular weight excluding hydrogens is 162 g/mol. The molecular formula is C11H23NO. The summed E-state index contributed by atoms with van der Waals surface area (Å²) in [5, 5.41) is 3.63. The molecule has 1 aliphatic carbocycles. The fourth-order valence-corrected chi connectivity index (χ4v) is 2.12. The fraction of sp³-hybridized carbons (Fsp3) is 1.00. The molecule has 2 nitrogen and oxygen atoms in total. The third-order valence-corrected chi connectivity index (χ3v) is 3.04. The van der Waals surface area contributed by atoms with E-state index in [4.69, 9.17) is 4.74 Å². The summed E-state index contributed by atoms with van der Waals surface area (Å²) in [5.74, 6) is 0.872. The Morgan fingerprint density at radius 2 is 2.08 bits per heavy atom. The molecule has 2 atom stereocenters. The lowest BCUT2D eigenvalue weighted by molar-refractivity contribution is 0.189. The SMILES string of the molecule is COCCCN[C@H]1CCCC[C@@H]1C. The van der Waals surface area contributed by atoms with E-state index in [9.17, 15) is 0 Å². The quantitative estimate of drug-likeness (QED) is 0.663. The highest BCUT2D eigenvalue weighted by atomic mass is 16.5. The van der Waals surface area contributed by atoms with Gasteiger partial charge in [-0.2, -0.15) is 0 Å². The highest BCUT2D eigenvalue weighted by Gasteiger charge is 2.19. The van der Waals surface area contributed by atoms with Crippen LogP contribution >= 0.6 is 0 Å². The molecule has 0 unspecified atom stereocenters. The van der Waals surface area contributed by atoms with Crippen molar-refractivity contribution in [2.24, 2.45) is 5.92 Å². The van der Waals surface area contributed by atoms with Gasteiger partial charge in [0, 0.05) is 19.8 Å². The minimum atomic E-state index is 0.769. The molecule has 0 saturated heterocycles. The summed E-state index contributed by atoms with van der Waals surface area (Å²) in [6.45, 7) is 4.37. The second-order valence-corrected chi connectivity index (χ2v) is 4.17. The number of ether oxygens (including phenoxy) is 1. The standard InChI is InChI=1S/C11H23NO/c1-10-6-3-4-7-11(10)12-8-5-9-13-2/h10-12H,3-9H2,1-2H3/t10-,11-/m0/s1. The van der Waals surface area contributed by atoms with E-state index in [2.05, 4.69) is 12.2 Å². The van der Waals surface area contributed by atoms with E-state index in [1.165, 1.54) is 25.7 Å². The van der Waals surface area contributed by atoms with Crippen molar-refractivity contribution in [2.75, 3.05) is 20.3 Å². The van der Waals surface area contributed by atoms with Crippen LogP contribution in [-0.4, -0.2) is 26.3 Å². The molecule has 13 heavy (non-hydrogen) atoms. The van der Waals surface area contributed by atoms with E-state index in [-0.39, 0.29) is 0 Å². The van der Waals surface area contributed by atoms with Crippen LogP contribution in [0.1, 0.15) is 39.0 Å². The Labute approximate surface area is 82.0 Å². The van der Waals surface area contributed by atoms with Gasteiger partial charge in [0.05, 0.1) is 0 Å². The highest BCUT2D eigenvalue weighted by molar-refractivity contribution is 4.77. The van der Waals surface area contributed by atoms with Crippen LogP contribution in [0.2, 0.25) is 0 Å². The van der Waals surface area contributed by atoms with Crippen LogP contribution in [-0.2, 0) is 4.74 Å². The summed E-state index contributed by atoms with van der Waals surface area (Å²) in [5.41, 5.74) is 0. The molecule has 1 saturated carbocycles. The first-order valence-corrected chi connectivity index (χ1v) is 5.57. The molecule has 0 heterocycles. The number of methoxy groups -OCH3 is 1. The third-order valence-electron chi connectivity index (χ3n) is 3.04.